The third-order valence-electron chi connectivity index (χ3n) is 4.82. The summed E-state index contributed by atoms with van der Waals surface area (Å²) in [5, 5.41) is 0. The summed E-state index contributed by atoms with van der Waals surface area (Å²) in [5.74, 6) is 0.453. The molecule has 2 saturated carbocycles. The van der Waals surface area contributed by atoms with Gasteiger partial charge in [-0.1, -0.05) is 13.8 Å². The Bertz CT molecular complexity index is 294. The standard InChI is InChI=1S/C11H20O3S/c1-4-11(15(12)13)6-5-9(14-3)8-7-10(8,11)2/h8-9H,4-7H2,1-3H3,(H,12,13)/p-1. The van der Waals surface area contributed by atoms with Crippen molar-refractivity contribution in [1.29, 1.82) is 0 Å². The Balaban J connectivity index is 2.27. The maximum atomic E-state index is 11.5. The van der Waals surface area contributed by atoms with Gasteiger partial charge in [-0.25, -0.2) is 0 Å². The average Bonchev–Trinajstić information content (AvgIpc) is 2.88. The Hall–Kier alpha value is 0.0700. The molecule has 3 nitrogen and oxygen atoms in total. The smallest absolute Gasteiger partial charge is 0.0605 e. The van der Waals surface area contributed by atoms with Crippen LogP contribution in [0.5, 0.6) is 0 Å². The van der Waals surface area contributed by atoms with Gasteiger partial charge in [0, 0.05) is 11.9 Å². The van der Waals surface area contributed by atoms with E-state index >= 15 is 0 Å². The van der Waals surface area contributed by atoms with Gasteiger partial charge in [-0.3, -0.25) is 4.21 Å². The van der Waals surface area contributed by atoms with E-state index in [2.05, 4.69) is 6.92 Å². The zero-order valence-corrected chi connectivity index (χ0v) is 10.4. The van der Waals surface area contributed by atoms with E-state index in [-0.39, 0.29) is 11.5 Å². The first-order valence-corrected chi connectivity index (χ1v) is 6.71. The lowest BCUT2D eigenvalue weighted by atomic mass is 9.76. The minimum absolute atomic E-state index is 0.0344. The van der Waals surface area contributed by atoms with Crippen LogP contribution in [-0.2, 0) is 15.8 Å². The van der Waals surface area contributed by atoms with E-state index in [4.69, 9.17) is 4.74 Å². The van der Waals surface area contributed by atoms with Crippen molar-refractivity contribution in [2.45, 2.75) is 50.4 Å². The van der Waals surface area contributed by atoms with Crippen molar-refractivity contribution in [3.8, 4) is 0 Å². The second-order valence-corrected chi connectivity index (χ2v) is 6.37. The van der Waals surface area contributed by atoms with Crippen LogP contribution in [0.1, 0.15) is 39.5 Å². The van der Waals surface area contributed by atoms with Gasteiger partial charge in [-0.05, 0) is 48.1 Å². The molecule has 0 N–H and O–H groups in total. The second-order valence-electron chi connectivity index (χ2n) is 5.12. The molecule has 0 aromatic heterocycles. The van der Waals surface area contributed by atoms with Crippen LogP contribution in [0.25, 0.3) is 0 Å². The molecule has 0 spiro atoms. The van der Waals surface area contributed by atoms with Gasteiger partial charge >= 0.3 is 0 Å². The van der Waals surface area contributed by atoms with E-state index in [1.165, 1.54) is 0 Å². The van der Waals surface area contributed by atoms with Gasteiger partial charge in [-0.15, -0.1) is 0 Å². The van der Waals surface area contributed by atoms with Crippen LogP contribution in [-0.4, -0.2) is 26.7 Å². The van der Waals surface area contributed by atoms with Crippen LogP contribution in [0.3, 0.4) is 0 Å². The number of fused-ring (bicyclic) bond motifs is 1. The predicted molar refractivity (Wildman–Crippen MR) is 58.2 cm³/mol. The average molecular weight is 231 g/mol. The Morgan fingerprint density at radius 3 is 2.73 bits per heavy atom. The van der Waals surface area contributed by atoms with Crippen molar-refractivity contribution >= 4 is 11.1 Å². The van der Waals surface area contributed by atoms with Gasteiger partial charge in [0.1, 0.15) is 0 Å². The van der Waals surface area contributed by atoms with E-state index in [0.717, 1.165) is 25.7 Å². The van der Waals surface area contributed by atoms with Crippen molar-refractivity contribution in [3.05, 3.63) is 0 Å². The van der Waals surface area contributed by atoms with Gasteiger partial charge in [0.25, 0.3) is 0 Å². The van der Waals surface area contributed by atoms with Crippen LogP contribution < -0.4 is 0 Å². The summed E-state index contributed by atoms with van der Waals surface area (Å²) in [7, 11) is 1.73. The van der Waals surface area contributed by atoms with Crippen LogP contribution in [0.15, 0.2) is 0 Å². The van der Waals surface area contributed by atoms with Gasteiger partial charge in [-0.2, -0.15) is 0 Å². The molecule has 2 fully saturated rings. The third kappa shape index (κ3) is 1.34. The van der Waals surface area contributed by atoms with Crippen LogP contribution in [0, 0.1) is 11.3 Å². The summed E-state index contributed by atoms with van der Waals surface area (Å²) in [4.78, 5) is 0. The molecule has 88 valence electrons. The van der Waals surface area contributed by atoms with Gasteiger partial charge in [0.2, 0.25) is 0 Å². The van der Waals surface area contributed by atoms with E-state index in [1.807, 2.05) is 6.92 Å². The molecule has 2 rings (SSSR count). The Morgan fingerprint density at radius 1 is 1.60 bits per heavy atom. The van der Waals surface area contributed by atoms with E-state index in [0.29, 0.717) is 5.92 Å². The maximum absolute atomic E-state index is 11.5. The van der Waals surface area contributed by atoms with Crippen LogP contribution in [0.4, 0.5) is 0 Å². The fourth-order valence-electron chi connectivity index (χ4n) is 3.58. The molecule has 0 heterocycles. The topological polar surface area (TPSA) is 49.4 Å². The highest BCUT2D eigenvalue weighted by Crippen LogP contribution is 2.68. The molecule has 5 unspecified atom stereocenters. The second kappa shape index (κ2) is 3.54. The number of methoxy groups -OCH3 is 1. The van der Waals surface area contributed by atoms with E-state index < -0.39 is 15.8 Å². The lowest BCUT2D eigenvalue weighted by molar-refractivity contribution is 0.0320. The Labute approximate surface area is 93.9 Å². The summed E-state index contributed by atoms with van der Waals surface area (Å²) in [6.07, 6.45) is 3.65. The third-order valence-corrected chi connectivity index (χ3v) is 6.41. The molecule has 2 aliphatic carbocycles. The first-order chi connectivity index (χ1) is 7.02. The molecular formula is C11H19O3S-. The van der Waals surface area contributed by atoms with Crippen molar-refractivity contribution in [1.82, 2.24) is 0 Å². The van der Waals surface area contributed by atoms with Crippen LogP contribution in [0.2, 0.25) is 0 Å². The summed E-state index contributed by atoms with van der Waals surface area (Å²) in [5.41, 5.74) is -0.0344. The monoisotopic (exact) mass is 231 g/mol. The lowest BCUT2D eigenvalue weighted by Gasteiger charge is -2.46. The Kier molecular flexibility index (Phi) is 2.72. The molecule has 0 bridgehead atoms. The van der Waals surface area contributed by atoms with Crippen molar-refractivity contribution in [3.63, 3.8) is 0 Å². The van der Waals surface area contributed by atoms with Gasteiger partial charge < -0.3 is 9.29 Å². The van der Waals surface area contributed by atoms with Gasteiger partial charge in [0.15, 0.2) is 0 Å². The highest BCUT2D eigenvalue weighted by molar-refractivity contribution is 7.80. The maximum Gasteiger partial charge on any atom is 0.0605 e. The van der Waals surface area contributed by atoms with Gasteiger partial charge in [0.05, 0.1) is 6.10 Å². The summed E-state index contributed by atoms with van der Waals surface area (Å²) in [6, 6.07) is 0. The molecule has 0 aliphatic heterocycles. The molecule has 0 aromatic carbocycles. The predicted octanol–water partition coefficient (Wildman–Crippen LogP) is 1.85. The molecule has 2 aliphatic rings. The van der Waals surface area contributed by atoms with E-state index in [9.17, 15) is 8.76 Å². The molecule has 0 saturated heterocycles. The molecule has 0 aromatic rings. The largest absolute Gasteiger partial charge is 0.772 e. The zero-order valence-electron chi connectivity index (χ0n) is 9.62. The first-order valence-electron chi connectivity index (χ1n) is 5.64. The minimum Gasteiger partial charge on any atom is -0.772 e. The summed E-state index contributed by atoms with van der Waals surface area (Å²) in [6.45, 7) is 4.10. The quantitative estimate of drug-likeness (QED) is 0.696. The number of hydrogen-bond acceptors (Lipinski definition) is 3. The molecule has 0 amide bonds. The fourth-order valence-corrected chi connectivity index (χ4v) is 4.72. The molecule has 15 heavy (non-hydrogen) atoms. The first kappa shape index (κ1) is 11.6. The number of rotatable bonds is 3. The minimum atomic E-state index is -1.96. The SMILES string of the molecule is CCC1(S(=O)[O-])CCC(OC)C2CC21C. The summed E-state index contributed by atoms with van der Waals surface area (Å²) < 4.78 is 27.9. The van der Waals surface area contributed by atoms with Crippen molar-refractivity contribution < 1.29 is 13.5 Å². The van der Waals surface area contributed by atoms with Crippen molar-refractivity contribution in [2.24, 2.45) is 11.3 Å². The zero-order chi connectivity index (χ0) is 11.3. The van der Waals surface area contributed by atoms with Crippen LogP contribution >= 0.6 is 0 Å². The number of hydrogen-bond donors (Lipinski definition) is 0. The fraction of sp³-hybridized carbons (Fsp3) is 1.00. The Morgan fingerprint density at radius 2 is 2.27 bits per heavy atom. The molecule has 5 atom stereocenters. The molecular weight excluding hydrogens is 212 g/mol. The molecule has 4 heteroatoms. The normalized spacial score (nSPS) is 50.9. The van der Waals surface area contributed by atoms with Crippen molar-refractivity contribution in [2.75, 3.05) is 7.11 Å². The summed E-state index contributed by atoms with van der Waals surface area (Å²) >= 11 is -1.96. The lowest BCUT2D eigenvalue weighted by Crippen LogP contribution is -2.48. The highest BCUT2D eigenvalue weighted by atomic mass is 32.2. The molecule has 0 radical (unpaired) electrons. The number of ether oxygens (including phenoxy) is 1. The highest BCUT2D eigenvalue weighted by Gasteiger charge is 2.67. The van der Waals surface area contributed by atoms with E-state index in [1.54, 1.807) is 7.11 Å².